The highest BCUT2D eigenvalue weighted by Gasteiger charge is 2.50. The maximum Gasteiger partial charge on any atom is 0.408 e. The van der Waals surface area contributed by atoms with Gasteiger partial charge in [0.15, 0.2) is 5.78 Å². The first-order valence-corrected chi connectivity index (χ1v) is 17.3. The average Bonchev–Trinajstić information content (AvgIpc) is 3.38. The van der Waals surface area contributed by atoms with Crippen molar-refractivity contribution < 1.29 is 28.6 Å². The molecule has 7 atom stereocenters. The predicted molar refractivity (Wildman–Crippen MR) is 178 cm³/mol. The zero-order valence-corrected chi connectivity index (χ0v) is 28.8. The van der Waals surface area contributed by atoms with Crippen molar-refractivity contribution in [3.8, 4) is 11.6 Å². The van der Waals surface area contributed by atoms with Crippen LogP contribution in [0.4, 0.5) is 4.79 Å². The molecule has 2 aliphatic heterocycles. The van der Waals surface area contributed by atoms with Crippen molar-refractivity contribution in [3.63, 3.8) is 0 Å². The standard InChI is InChI=1S/C37H53N3O6/c1-8-28-30-21-40(31(28)23(3)41)35(42)33(37(4,5)6)39-36(43)46-32-22(2)13-12-16-24(32)14-10-9-11-15-26-19-25-17-18-27(44-7)20-29(25)38-34(26)45-30/h17-20,22,24,28,30-33H,8-16,21H2,1-7H3,(H,39,43)/t22-,24?,28-,30+,31-,32-,33-/m1/s1. The van der Waals surface area contributed by atoms with Crippen LogP contribution in [-0.4, -0.2) is 65.6 Å². The molecule has 5 rings (SSSR count). The van der Waals surface area contributed by atoms with E-state index in [-0.39, 0.29) is 36.2 Å². The lowest BCUT2D eigenvalue weighted by Gasteiger charge is -2.38. The van der Waals surface area contributed by atoms with Crippen LogP contribution in [0.15, 0.2) is 24.3 Å². The summed E-state index contributed by atoms with van der Waals surface area (Å²) in [6, 6.07) is 6.49. The number of aryl methyl sites for hydroxylation is 1. The van der Waals surface area contributed by atoms with Crippen molar-refractivity contribution >= 4 is 28.7 Å². The maximum absolute atomic E-state index is 14.4. The molecule has 1 saturated carbocycles. The van der Waals surface area contributed by atoms with E-state index in [0.717, 1.165) is 73.6 Å². The van der Waals surface area contributed by atoms with Crippen molar-refractivity contribution in [2.45, 2.75) is 124 Å². The third kappa shape index (κ3) is 7.28. The minimum absolute atomic E-state index is 0.0947. The highest BCUT2D eigenvalue weighted by Crippen LogP contribution is 2.38. The minimum atomic E-state index is -0.879. The molecule has 1 aliphatic carbocycles. The molecule has 1 aromatic heterocycles. The molecule has 2 bridgehead atoms. The number of carbonyl (C=O) groups excluding carboxylic acids is 3. The van der Waals surface area contributed by atoms with Gasteiger partial charge in [0.05, 0.1) is 25.2 Å². The van der Waals surface area contributed by atoms with Crippen LogP contribution in [0.3, 0.4) is 0 Å². The predicted octanol–water partition coefficient (Wildman–Crippen LogP) is 6.88. The van der Waals surface area contributed by atoms with Crippen LogP contribution >= 0.6 is 0 Å². The Morgan fingerprint density at radius 3 is 2.52 bits per heavy atom. The van der Waals surface area contributed by atoms with E-state index in [4.69, 9.17) is 19.2 Å². The highest BCUT2D eigenvalue weighted by atomic mass is 16.6. The SMILES string of the molecule is CC[C@@H]1[C@@H]2CN(C(=O)[C@H](C(C)(C)C)NC(=O)O[C@H]3C(CCCCCc4cc5ccc(OC)cc5nc4O2)CCC[C@H]3C)[C@@H]1C(C)=O. The molecule has 1 aromatic carbocycles. The Bertz CT molecular complexity index is 1420. The summed E-state index contributed by atoms with van der Waals surface area (Å²) in [6.07, 6.45) is 7.53. The van der Waals surface area contributed by atoms with Crippen LogP contribution < -0.4 is 14.8 Å². The van der Waals surface area contributed by atoms with Crippen LogP contribution in [0.1, 0.15) is 98.5 Å². The molecule has 3 heterocycles. The third-order valence-corrected chi connectivity index (χ3v) is 10.5. The summed E-state index contributed by atoms with van der Waals surface area (Å²) >= 11 is 0. The minimum Gasteiger partial charge on any atom is -0.497 e. The number of alkyl carbamates (subject to hydrolysis) is 1. The first-order valence-electron chi connectivity index (χ1n) is 17.3. The van der Waals surface area contributed by atoms with E-state index in [1.54, 1.807) is 12.0 Å². The molecule has 2 fully saturated rings. The lowest BCUT2D eigenvalue weighted by molar-refractivity contribution is -0.141. The number of hydrogen-bond donors (Lipinski definition) is 1. The highest BCUT2D eigenvalue weighted by molar-refractivity contribution is 5.92. The number of aromatic nitrogens is 1. The van der Waals surface area contributed by atoms with Gasteiger partial charge >= 0.3 is 6.09 Å². The summed E-state index contributed by atoms with van der Waals surface area (Å²) in [5, 5.41) is 3.97. The van der Waals surface area contributed by atoms with Gasteiger partial charge in [-0.3, -0.25) is 9.59 Å². The number of ketones is 1. The fraction of sp³-hybridized carbons (Fsp3) is 0.676. The van der Waals surface area contributed by atoms with Crippen LogP contribution in [-0.2, 0) is 20.7 Å². The summed E-state index contributed by atoms with van der Waals surface area (Å²) in [5.74, 6) is 1.21. The van der Waals surface area contributed by atoms with Crippen molar-refractivity contribution in [2.24, 2.45) is 23.2 Å². The van der Waals surface area contributed by atoms with E-state index in [1.165, 1.54) is 6.92 Å². The Kier molecular flexibility index (Phi) is 10.5. The molecule has 0 spiro atoms. The van der Waals surface area contributed by atoms with Crippen LogP contribution in [0.25, 0.3) is 10.9 Å². The van der Waals surface area contributed by atoms with Crippen molar-refractivity contribution in [1.29, 1.82) is 0 Å². The number of pyridine rings is 1. The molecule has 3 aliphatic rings. The molecule has 46 heavy (non-hydrogen) atoms. The summed E-state index contributed by atoms with van der Waals surface area (Å²) in [6.45, 7) is 11.7. The number of carbonyl (C=O) groups is 3. The molecule has 0 radical (unpaired) electrons. The quantitative estimate of drug-likeness (QED) is 0.392. The first kappa shape index (κ1) is 34.0. The van der Waals surface area contributed by atoms with E-state index in [0.29, 0.717) is 18.2 Å². The fourth-order valence-corrected chi connectivity index (χ4v) is 7.97. The smallest absolute Gasteiger partial charge is 0.408 e. The second kappa shape index (κ2) is 14.2. The van der Waals surface area contributed by atoms with Crippen molar-refractivity contribution in [3.05, 3.63) is 29.8 Å². The zero-order valence-electron chi connectivity index (χ0n) is 28.8. The third-order valence-electron chi connectivity index (χ3n) is 10.5. The van der Waals surface area contributed by atoms with Crippen molar-refractivity contribution in [2.75, 3.05) is 13.7 Å². The Labute approximate surface area is 274 Å². The first-order chi connectivity index (χ1) is 21.9. The number of fused-ring (bicyclic) bond motifs is 5. The Morgan fingerprint density at radius 2 is 1.83 bits per heavy atom. The summed E-state index contributed by atoms with van der Waals surface area (Å²) in [5.41, 5.74) is 1.18. The lowest BCUT2D eigenvalue weighted by Crippen LogP contribution is -2.57. The fourth-order valence-electron chi connectivity index (χ4n) is 7.97. The van der Waals surface area contributed by atoms with E-state index < -0.39 is 29.7 Å². The number of Topliss-reactive ketones (excluding diaryl/α,β-unsaturated/α-hetero) is 1. The molecule has 9 heteroatoms. The molecule has 9 nitrogen and oxygen atoms in total. The van der Waals surface area contributed by atoms with Gasteiger partial charge < -0.3 is 24.4 Å². The summed E-state index contributed by atoms with van der Waals surface area (Å²) in [7, 11) is 1.64. The van der Waals surface area contributed by atoms with E-state index in [9.17, 15) is 14.4 Å². The van der Waals surface area contributed by atoms with Gasteiger partial charge in [-0.1, -0.05) is 53.9 Å². The van der Waals surface area contributed by atoms with E-state index in [1.807, 2.05) is 45.9 Å². The van der Waals surface area contributed by atoms with Gasteiger partial charge in [0.1, 0.15) is 24.0 Å². The molecule has 1 unspecified atom stereocenters. The van der Waals surface area contributed by atoms with Gasteiger partial charge in [0.25, 0.3) is 0 Å². The molecule has 2 amide bonds. The number of amides is 2. The van der Waals surface area contributed by atoms with Gasteiger partial charge in [0.2, 0.25) is 11.8 Å². The number of nitrogens with one attached hydrogen (secondary N) is 1. The number of methoxy groups -OCH3 is 1. The van der Waals surface area contributed by atoms with Crippen molar-refractivity contribution in [1.82, 2.24) is 15.2 Å². The number of nitrogens with zero attached hydrogens (tertiary/aromatic N) is 2. The number of ether oxygens (including phenoxy) is 3. The second-order valence-corrected chi connectivity index (χ2v) is 14.9. The normalized spacial score (nSPS) is 29.8. The van der Waals surface area contributed by atoms with Gasteiger partial charge in [-0.25, -0.2) is 9.78 Å². The van der Waals surface area contributed by atoms with Crippen LogP contribution in [0, 0.1) is 23.2 Å². The van der Waals surface area contributed by atoms with Gasteiger partial charge in [-0.15, -0.1) is 0 Å². The number of hydrogen-bond acceptors (Lipinski definition) is 7. The molecule has 1 N–H and O–H groups in total. The number of rotatable bonds is 3. The van der Waals surface area contributed by atoms with Crippen LogP contribution in [0.2, 0.25) is 0 Å². The van der Waals surface area contributed by atoms with Gasteiger partial charge in [-0.2, -0.15) is 0 Å². The van der Waals surface area contributed by atoms with E-state index >= 15 is 0 Å². The Morgan fingerprint density at radius 1 is 1.07 bits per heavy atom. The molecule has 2 aromatic rings. The largest absolute Gasteiger partial charge is 0.497 e. The maximum atomic E-state index is 14.4. The average molecular weight is 636 g/mol. The van der Waals surface area contributed by atoms with Gasteiger partial charge in [-0.05, 0) is 80.9 Å². The topological polar surface area (TPSA) is 107 Å². The lowest BCUT2D eigenvalue weighted by atomic mass is 9.77. The Balaban J connectivity index is 1.55. The molecule has 252 valence electrons. The van der Waals surface area contributed by atoms with Gasteiger partial charge in [0, 0.05) is 22.9 Å². The van der Waals surface area contributed by atoms with E-state index in [2.05, 4.69) is 18.3 Å². The monoisotopic (exact) mass is 635 g/mol. The Hall–Kier alpha value is -3.36. The molecule has 1 saturated heterocycles. The summed E-state index contributed by atoms with van der Waals surface area (Å²) in [4.78, 5) is 47.8. The summed E-state index contributed by atoms with van der Waals surface area (Å²) < 4.78 is 18.4. The molecular weight excluding hydrogens is 582 g/mol. The number of benzene rings is 1. The zero-order chi connectivity index (χ0) is 33.2. The second-order valence-electron chi connectivity index (χ2n) is 14.9. The van der Waals surface area contributed by atoms with Crippen LogP contribution in [0.5, 0.6) is 11.6 Å². The molecular formula is C37H53N3O6.